The van der Waals surface area contributed by atoms with E-state index >= 15 is 0 Å². The molecule has 0 N–H and O–H groups in total. The highest BCUT2D eigenvalue weighted by molar-refractivity contribution is 7.89. The SMILES string of the molecule is CCS(=O)(=O)N1CC=C(c2ccccc2F)CC1. The maximum atomic E-state index is 13.6. The first-order valence-electron chi connectivity index (χ1n) is 5.96. The van der Waals surface area contributed by atoms with Crippen LogP contribution in [-0.4, -0.2) is 31.6 Å². The quantitative estimate of drug-likeness (QED) is 0.844. The van der Waals surface area contributed by atoms with Crippen molar-refractivity contribution in [1.29, 1.82) is 0 Å². The van der Waals surface area contributed by atoms with Crippen LogP contribution in [0.25, 0.3) is 5.57 Å². The van der Waals surface area contributed by atoms with E-state index in [1.165, 1.54) is 10.4 Å². The molecule has 5 heteroatoms. The Morgan fingerprint density at radius 3 is 2.61 bits per heavy atom. The van der Waals surface area contributed by atoms with Crippen molar-refractivity contribution in [2.75, 3.05) is 18.8 Å². The number of benzene rings is 1. The van der Waals surface area contributed by atoms with Gasteiger partial charge in [-0.1, -0.05) is 24.3 Å². The summed E-state index contributed by atoms with van der Waals surface area (Å²) >= 11 is 0. The van der Waals surface area contributed by atoms with Crippen molar-refractivity contribution in [3.63, 3.8) is 0 Å². The number of halogens is 1. The van der Waals surface area contributed by atoms with Gasteiger partial charge in [-0.3, -0.25) is 0 Å². The van der Waals surface area contributed by atoms with E-state index in [2.05, 4.69) is 0 Å². The lowest BCUT2D eigenvalue weighted by Gasteiger charge is -2.25. The smallest absolute Gasteiger partial charge is 0.212 e. The van der Waals surface area contributed by atoms with Gasteiger partial charge in [-0.15, -0.1) is 0 Å². The van der Waals surface area contributed by atoms with E-state index in [0.717, 1.165) is 5.57 Å². The predicted molar refractivity (Wildman–Crippen MR) is 70.0 cm³/mol. The van der Waals surface area contributed by atoms with Crippen LogP contribution < -0.4 is 0 Å². The Morgan fingerprint density at radius 1 is 1.33 bits per heavy atom. The summed E-state index contributed by atoms with van der Waals surface area (Å²) in [5, 5.41) is 0. The van der Waals surface area contributed by atoms with Gasteiger partial charge in [0, 0.05) is 18.7 Å². The molecule has 0 aromatic heterocycles. The summed E-state index contributed by atoms with van der Waals surface area (Å²) in [5.41, 5.74) is 1.46. The van der Waals surface area contributed by atoms with Gasteiger partial charge in [-0.05, 0) is 25.0 Å². The fourth-order valence-electron chi connectivity index (χ4n) is 2.05. The second kappa shape index (κ2) is 5.20. The van der Waals surface area contributed by atoms with Crippen molar-refractivity contribution in [3.05, 3.63) is 41.7 Å². The Balaban J connectivity index is 2.20. The van der Waals surface area contributed by atoms with Crippen LogP contribution in [0.2, 0.25) is 0 Å². The molecule has 1 aliphatic rings. The number of hydrogen-bond acceptors (Lipinski definition) is 2. The van der Waals surface area contributed by atoms with Crippen molar-refractivity contribution in [1.82, 2.24) is 4.31 Å². The molecule has 0 bridgehead atoms. The maximum Gasteiger partial charge on any atom is 0.214 e. The molecule has 1 aliphatic heterocycles. The van der Waals surface area contributed by atoms with Crippen LogP contribution in [0.15, 0.2) is 30.3 Å². The van der Waals surface area contributed by atoms with Gasteiger partial charge in [0.05, 0.1) is 5.75 Å². The molecule has 98 valence electrons. The highest BCUT2D eigenvalue weighted by Gasteiger charge is 2.23. The Labute approximate surface area is 107 Å². The molecule has 1 aromatic rings. The monoisotopic (exact) mass is 269 g/mol. The molecular formula is C13H16FNO2S. The average molecular weight is 269 g/mol. The van der Waals surface area contributed by atoms with E-state index in [4.69, 9.17) is 0 Å². The second-order valence-electron chi connectivity index (χ2n) is 4.22. The van der Waals surface area contributed by atoms with Crippen LogP contribution in [0, 0.1) is 5.82 Å². The minimum Gasteiger partial charge on any atom is -0.212 e. The molecule has 0 spiro atoms. The summed E-state index contributed by atoms with van der Waals surface area (Å²) in [6.45, 7) is 2.39. The van der Waals surface area contributed by atoms with Crippen LogP contribution in [-0.2, 0) is 10.0 Å². The first-order chi connectivity index (χ1) is 8.54. The molecule has 3 nitrogen and oxygen atoms in total. The second-order valence-corrected chi connectivity index (χ2v) is 6.48. The minimum atomic E-state index is -3.14. The van der Waals surface area contributed by atoms with E-state index in [1.807, 2.05) is 0 Å². The molecule has 0 radical (unpaired) electrons. The molecule has 0 unspecified atom stereocenters. The van der Waals surface area contributed by atoms with E-state index < -0.39 is 10.0 Å². The van der Waals surface area contributed by atoms with Crippen LogP contribution in [0.1, 0.15) is 18.9 Å². The summed E-state index contributed by atoms with van der Waals surface area (Å²) in [6, 6.07) is 6.58. The number of nitrogens with zero attached hydrogens (tertiary/aromatic N) is 1. The molecule has 1 aromatic carbocycles. The van der Waals surface area contributed by atoms with Gasteiger partial charge in [0.25, 0.3) is 0 Å². The van der Waals surface area contributed by atoms with Crippen molar-refractivity contribution >= 4 is 15.6 Å². The average Bonchev–Trinajstić information content (AvgIpc) is 2.39. The third-order valence-electron chi connectivity index (χ3n) is 3.15. The number of sulfonamides is 1. The van der Waals surface area contributed by atoms with Crippen LogP contribution >= 0.6 is 0 Å². The van der Waals surface area contributed by atoms with Gasteiger partial charge in [0.15, 0.2) is 0 Å². The predicted octanol–water partition coefficient (Wildman–Crippen LogP) is 2.26. The Hall–Kier alpha value is -1.20. The Morgan fingerprint density at radius 2 is 2.06 bits per heavy atom. The maximum absolute atomic E-state index is 13.6. The molecule has 0 amide bonds. The van der Waals surface area contributed by atoms with Gasteiger partial charge in [0.1, 0.15) is 5.82 Å². The third-order valence-corrected chi connectivity index (χ3v) is 5.00. The Bertz CT molecular complexity index is 566. The summed E-state index contributed by atoms with van der Waals surface area (Å²) < 4.78 is 38.4. The summed E-state index contributed by atoms with van der Waals surface area (Å²) in [6.07, 6.45) is 2.36. The molecule has 0 saturated carbocycles. The van der Waals surface area contributed by atoms with Crippen molar-refractivity contribution in [2.45, 2.75) is 13.3 Å². The van der Waals surface area contributed by atoms with Gasteiger partial charge in [0.2, 0.25) is 10.0 Å². The number of rotatable bonds is 3. The largest absolute Gasteiger partial charge is 0.214 e. The molecule has 0 saturated heterocycles. The zero-order chi connectivity index (χ0) is 13.2. The first kappa shape index (κ1) is 13.2. The van der Waals surface area contributed by atoms with Gasteiger partial charge < -0.3 is 0 Å². The molecule has 0 fully saturated rings. The molecule has 0 atom stereocenters. The van der Waals surface area contributed by atoms with Crippen LogP contribution in [0.3, 0.4) is 0 Å². The fourth-order valence-corrected chi connectivity index (χ4v) is 3.09. The Kier molecular flexibility index (Phi) is 3.82. The normalized spacial score (nSPS) is 17.6. The van der Waals surface area contributed by atoms with E-state index in [9.17, 15) is 12.8 Å². The molecule has 1 heterocycles. The zero-order valence-corrected chi connectivity index (χ0v) is 11.1. The van der Waals surface area contributed by atoms with Crippen LogP contribution in [0.5, 0.6) is 0 Å². The molecular weight excluding hydrogens is 253 g/mol. The van der Waals surface area contributed by atoms with E-state index in [0.29, 0.717) is 25.1 Å². The van der Waals surface area contributed by atoms with Crippen molar-refractivity contribution in [3.8, 4) is 0 Å². The topological polar surface area (TPSA) is 37.4 Å². The van der Waals surface area contributed by atoms with Gasteiger partial charge in [-0.25, -0.2) is 12.8 Å². The summed E-state index contributed by atoms with van der Waals surface area (Å²) in [5.74, 6) is -0.147. The minimum absolute atomic E-state index is 0.107. The lowest BCUT2D eigenvalue weighted by molar-refractivity contribution is 0.442. The lowest BCUT2D eigenvalue weighted by atomic mass is 10.00. The summed E-state index contributed by atoms with van der Waals surface area (Å²) in [4.78, 5) is 0. The number of hydrogen-bond donors (Lipinski definition) is 0. The van der Waals surface area contributed by atoms with E-state index in [1.54, 1.807) is 31.2 Å². The highest BCUT2D eigenvalue weighted by atomic mass is 32.2. The van der Waals surface area contributed by atoms with E-state index in [-0.39, 0.29) is 11.6 Å². The zero-order valence-electron chi connectivity index (χ0n) is 10.3. The van der Waals surface area contributed by atoms with Crippen molar-refractivity contribution in [2.24, 2.45) is 0 Å². The standard InChI is InChI=1S/C13H16FNO2S/c1-2-18(16,17)15-9-7-11(8-10-15)12-5-3-4-6-13(12)14/h3-7H,2,8-10H2,1H3. The third kappa shape index (κ3) is 2.62. The van der Waals surface area contributed by atoms with Gasteiger partial charge >= 0.3 is 0 Å². The highest BCUT2D eigenvalue weighted by Crippen LogP contribution is 2.25. The van der Waals surface area contributed by atoms with Crippen molar-refractivity contribution < 1.29 is 12.8 Å². The van der Waals surface area contributed by atoms with Gasteiger partial charge in [-0.2, -0.15) is 4.31 Å². The molecule has 0 aliphatic carbocycles. The van der Waals surface area contributed by atoms with Crippen LogP contribution in [0.4, 0.5) is 4.39 Å². The summed E-state index contributed by atoms with van der Waals surface area (Å²) in [7, 11) is -3.14. The molecule has 18 heavy (non-hydrogen) atoms. The fraction of sp³-hybridized carbons (Fsp3) is 0.385. The molecule has 2 rings (SSSR count). The lowest BCUT2D eigenvalue weighted by Crippen LogP contribution is -2.35. The first-order valence-corrected chi connectivity index (χ1v) is 7.57.